The maximum Gasteiger partial charge on any atom is 0.220 e. The van der Waals surface area contributed by atoms with Crippen molar-refractivity contribution in [3.05, 3.63) is 59.7 Å². The summed E-state index contributed by atoms with van der Waals surface area (Å²) in [7, 11) is 0. The lowest BCUT2D eigenvalue weighted by Crippen LogP contribution is -2.48. The summed E-state index contributed by atoms with van der Waals surface area (Å²) in [5.74, 6) is -0.134. The van der Waals surface area contributed by atoms with Crippen molar-refractivity contribution in [2.45, 2.75) is 38.6 Å². The van der Waals surface area contributed by atoms with Gasteiger partial charge in [-0.2, -0.15) is 0 Å². The highest BCUT2D eigenvalue weighted by molar-refractivity contribution is 5.76. The molecular formula is C20H24FN3O. The molecule has 1 aliphatic heterocycles. The van der Waals surface area contributed by atoms with Gasteiger partial charge in [-0.3, -0.25) is 9.78 Å². The zero-order valence-corrected chi connectivity index (χ0v) is 14.5. The Hall–Kier alpha value is -2.43. The number of rotatable bonds is 5. The quantitative estimate of drug-likeness (QED) is 0.908. The number of benzene rings is 1. The maximum absolute atomic E-state index is 13.3. The summed E-state index contributed by atoms with van der Waals surface area (Å²) in [5.41, 5.74) is 3.06. The molecule has 25 heavy (non-hydrogen) atoms. The van der Waals surface area contributed by atoms with Gasteiger partial charge in [0.05, 0.1) is 0 Å². The molecule has 1 amide bonds. The van der Waals surface area contributed by atoms with E-state index < -0.39 is 0 Å². The molecule has 0 spiro atoms. The second-order valence-corrected chi connectivity index (χ2v) is 6.64. The minimum Gasteiger partial charge on any atom is -0.369 e. The number of hydrogen-bond donors (Lipinski definition) is 1. The number of hydrogen-bond acceptors (Lipinski definition) is 3. The van der Waals surface area contributed by atoms with Crippen LogP contribution in [0.1, 0.15) is 30.4 Å². The largest absolute Gasteiger partial charge is 0.369 e. The van der Waals surface area contributed by atoms with E-state index in [-0.39, 0.29) is 17.8 Å². The van der Waals surface area contributed by atoms with Gasteiger partial charge in [-0.15, -0.1) is 0 Å². The fraction of sp³-hybridized carbons (Fsp3) is 0.400. The van der Waals surface area contributed by atoms with E-state index in [1.165, 1.54) is 6.07 Å². The average Bonchev–Trinajstić information content (AvgIpc) is 2.61. The van der Waals surface area contributed by atoms with E-state index in [1.807, 2.05) is 25.1 Å². The summed E-state index contributed by atoms with van der Waals surface area (Å²) in [6.07, 6.45) is 6.70. The third kappa shape index (κ3) is 4.78. The molecule has 1 saturated heterocycles. The van der Waals surface area contributed by atoms with Gasteiger partial charge in [0.25, 0.3) is 0 Å². The fourth-order valence-corrected chi connectivity index (χ4v) is 3.39. The summed E-state index contributed by atoms with van der Waals surface area (Å²) < 4.78 is 13.3. The highest BCUT2D eigenvalue weighted by atomic mass is 19.1. The molecule has 1 aromatic heterocycles. The van der Waals surface area contributed by atoms with E-state index in [0.717, 1.165) is 42.7 Å². The van der Waals surface area contributed by atoms with Crippen LogP contribution in [-0.4, -0.2) is 30.0 Å². The Morgan fingerprint density at radius 3 is 3.04 bits per heavy atom. The second kappa shape index (κ2) is 8.10. The molecule has 1 atom stereocenters. The van der Waals surface area contributed by atoms with Gasteiger partial charge in [0, 0.05) is 43.6 Å². The Bertz CT molecular complexity index is 720. The molecule has 0 saturated carbocycles. The molecule has 4 nitrogen and oxygen atoms in total. The number of pyridine rings is 1. The number of aryl methyl sites for hydroxylation is 2. The topological polar surface area (TPSA) is 45.2 Å². The van der Waals surface area contributed by atoms with Crippen molar-refractivity contribution < 1.29 is 9.18 Å². The number of carbonyl (C=O) groups excluding carboxylic acids is 1. The van der Waals surface area contributed by atoms with Gasteiger partial charge in [0.2, 0.25) is 5.91 Å². The SMILES string of the molecule is Cc1cc(F)ccc1N1CCC[C@H](NC(=O)CCc2cccnc2)C1. The van der Waals surface area contributed by atoms with E-state index in [9.17, 15) is 9.18 Å². The van der Waals surface area contributed by atoms with Crippen LogP contribution in [0, 0.1) is 12.7 Å². The van der Waals surface area contributed by atoms with Gasteiger partial charge in [-0.25, -0.2) is 4.39 Å². The fourth-order valence-electron chi connectivity index (χ4n) is 3.39. The van der Waals surface area contributed by atoms with Crippen LogP contribution in [0.15, 0.2) is 42.7 Å². The van der Waals surface area contributed by atoms with Gasteiger partial charge in [0.15, 0.2) is 0 Å². The number of piperidine rings is 1. The first-order chi connectivity index (χ1) is 12.1. The van der Waals surface area contributed by atoms with Crippen molar-refractivity contribution in [3.8, 4) is 0 Å². The lowest BCUT2D eigenvalue weighted by atomic mass is 10.0. The molecule has 5 heteroatoms. The molecule has 0 bridgehead atoms. The normalized spacial score (nSPS) is 17.4. The van der Waals surface area contributed by atoms with Crippen molar-refractivity contribution >= 4 is 11.6 Å². The third-order valence-corrected chi connectivity index (χ3v) is 4.65. The summed E-state index contributed by atoms with van der Waals surface area (Å²) in [5, 5.41) is 3.14. The van der Waals surface area contributed by atoms with Crippen LogP contribution in [0.25, 0.3) is 0 Å². The molecule has 1 aromatic carbocycles. The zero-order valence-electron chi connectivity index (χ0n) is 14.5. The number of amides is 1. The lowest BCUT2D eigenvalue weighted by Gasteiger charge is -2.35. The lowest BCUT2D eigenvalue weighted by molar-refractivity contribution is -0.121. The summed E-state index contributed by atoms with van der Waals surface area (Å²) in [4.78, 5) is 18.6. The molecule has 132 valence electrons. The molecule has 0 unspecified atom stereocenters. The Kier molecular flexibility index (Phi) is 5.64. The number of aromatic nitrogens is 1. The smallest absolute Gasteiger partial charge is 0.220 e. The van der Waals surface area contributed by atoms with Gasteiger partial charge in [0.1, 0.15) is 5.82 Å². The Morgan fingerprint density at radius 2 is 2.28 bits per heavy atom. The maximum atomic E-state index is 13.3. The molecule has 0 aliphatic carbocycles. The van der Waals surface area contributed by atoms with E-state index in [0.29, 0.717) is 12.8 Å². The zero-order chi connectivity index (χ0) is 17.6. The highest BCUT2D eigenvalue weighted by Gasteiger charge is 2.22. The molecule has 0 radical (unpaired) electrons. The monoisotopic (exact) mass is 341 g/mol. The molecular weight excluding hydrogens is 317 g/mol. The van der Waals surface area contributed by atoms with Crippen molar-refractivity contribution in [1.29, 1.82) is 0 Å². The molecule has 2 aromatic rings. The minimum atomic E-state index is -0.210. The van der Waals surface area contributed by atoms with E-state index in [4.69, 9.17) is 0 Å². The molecule has 2 heterocycles. The average molecular weight is 341 g/mol. The number of anilines is 1. The van der Waals surface area contributed by atoms with Crippen LogP contribution in [0.5, 0.6) is 0 Å². The van der Waals surface area contributed by atoms with E-state index in [1.54, 1.807) is 18.5 Å². The van der Waals surface area contributed by atoms with Crippen molar-refractivity contribution in [1.82, 2.24) is 10.3 Å². The highest BCUT2D eigenvalue weighted by Crippen LogP contribution is 2.24. The van der Waals surface area contributed by atoms with Crippen LogP contribution in [0.4, 0.5) is 10.1 Å². The first kappa shape index (κ1) is 17.4. The number of halogens is 1. The van der Waals surface area contributed by atoms with Crippen molar-refractivity contribution in [3.63, 3.8) is 0 Å². The predicted molar refractivity (Wildman–Crippen MR) is 97.1 cm³/mol. The van der Waals surface area contributed by atoms with Gasteiger partial charge in [-0.1, -0.05) is 6.07 Å². The molecule has 1 fully saturated rings. The second-order valence-electron chi connectivity index (χ2n) is 6.64. The molecule has 1 N–H and O–H groups in total. The minimum absolute atomic E-state index is 0.0755. The van der Waals surface area contributed by atoms with Crippen molar-refractivity contribution in [2.75, 3.05) is 18.0 Å². The number of carbonyl (C=O) groups is 1. The van der Waals surface area contributed by atoms with Gasteiger partial charge < -0.3 is 10.2 Å². The predicted octanol–water partition coefficient (Wildman–Crippen LogP) is 3.25. The summed E-state index contributed by atoms with van der Waals surface area (Å²) in [6, 6.07) is 8.90. The first-order valence-corrected chi connectivity index (χ1v) is 8.81. The third-order valence-electron chi connectivity index (χ3n) is 4.65. The van der Waals surface area contributed by atoms with Crippen LogP contribution in [-0.2, 0) is 11.2 Å². The number of nitrogens with zero attached hydrogens (tertiary/aromatic N) is 2. The Balaban J connectivity index is 1.53. The van der Waals surface area contributed by atoms with Crippen molar-refractivity contribution in [2.24, 2.45) is 0 Å². The van der Waals surface area contributed by atoms with Gasteiger partial charge >= 0.3 is 0 Å². The molecule has 1 aliphatic rings. The van der Waals surface area contributed by atoms with Crippen LogP contribution >= 0.6 is 0 Å². The summed E-state index contributed by atoms with van der Waals surface area (Å²) >= 11 is 0. The van der Waals surface area contributed by atoms with Gasteiger partial charge in [-0.05, 0) is 61.6 Å². The molecule has 3 rings (SSSR count). The first-order valence-electron chi connectivity index (χ1n) is 8.81. The Morgan fingerprint density at radius 1 is 1.40 bits per heavy atom. The Labute approximate surface area is 148 Å². The number of nitrogens with one attached hydrogen (secondary N) is 1. The van der Waals surface area contributed by atoms with E-state index >= 15 is 0 Å². The van der Waals surface area contributed by atoms with Crippen LogP contribution in [0.2, 0.25) is 0 Å². The van der Waals surface area contributed by atoms with Crippen LogP contribution < -0.4 is 10.2 Å². The van der Waals surface area contributed by atoms with Crippen LogP contribution in [0.3, 0.4) is 0 Å². The van der Waals surface area contributed by atoms with E-state index in [2.05, 4.69) is 15.2 Å². The summed E-state index contributed by atoms with van der Waals surface area (Å²) in [6.45, 7) is 3.63. The standard InChI is InChI=1S/C20H24FN3O/c1-15-12-17(21)7-8-19(15)24-11-3-5-18(14-24)23-20(25)9-6-16-4-2-10-22-13-16/h2,4,7-8,10,12-13,18H,3,5-6,9,11,14H2,1H3,(H,23,25)/t18-/m0/s1.